The second-order valence-corrected chi connectivity index (χ2v) is 9.89. The molecule has 1 aliphatic heterocycles. The van der Waals surface area contributed by atoms with Crippen molar-refractivity contribution in [1.29, 1.82) is 0 Å². The minimum absolute atomic E-state index is 0.0571. The van der Waals surface area contributed by atoms with Crippen LogP contribution in [-0.4, -0.2) is 73.0 Å². The van der Waals surface area contributed by atoms with Gasteiger partial charge in [-0.05, 0) is 49.6 Å². The monoisotopic (exact) mass is 502 g/mol. The Bertz CT molecular complexity index is 1330. The largest absolute Gasteiger partial charge is 0.497 e. The highest BCUT2D eigenvalue weighted by Gasteiger charge is 2.35. The molecule has 8 nitrogen and oxygen atoms in total. The normalized spacial score (nSPS) is 15.6. The molecule has 3 aromatic rings. The molecular weight excluding hydrogens is 468 g/mol. The van der Waals surface area contributed by atoms with Crippen molar-refractivity contribution in [3.63, 3.8) is 0 Å². The zero-order valence-electron chi connectivity index (χ0n) is 22.0. The van der Waals surface area contributed by atoms with Crippen molar-refractivity contribution in [3.8, 4) is 11.5 Å². The van der Waals surface area contributed by atoms with Gasteiger partial charge in [0.05, 0.1) is 25.3 Å². The number of hydrogen-bond donors (Lipinski definition) is 0. The summed E-state index contributed by atoms with van der Waals surface area (Å²) in [6, 6.07) is 14.0. The van der Waals surface area contributed by atoms with Crippen LogP contribution in [0.5, 0.6) is 11.5 Å². The molecule has 0 bridgehead atoms. The zero-order chi connectivity index (χ0) is 26.1. The summed E-state index contributed by atoms with van der Waals surface area (Å²) in [5.41, 5.74) is 3.63. The van der Waals surface area contributed by atoms with Gasteiger partial charge in [0.2, 0.25) is 5.91 Å². The van der Waals surface area contributed by atoms with Gasteiger partial charge in [-0.1, -0.05) is 12.1 Å². The fourth-order valence-electron chi connectivity index (χ4n) is 5.00. The first kappa shape index (κ1) is 24.9. The number of amides is 2. The predicted octanol–water partition coefficient (Wildman–Crippen LogP) is 4.03. The number of piperazine rings is 1. The number of benzene rings is 2. The minimum Gasteiger partial charge on any atom is -0.497 e. The molecule has 0 spiro atoms. The number of ether oxygens (including phenoxy) is 2. The molecular formula is C29H34N4O4. The molecule has 2 aliphatic rings. The van der Waals surface area contributed by atoms with Crippen molar-refractivity contribution >= 4 is 28.5 Å². The number of carbonyl (C=O) groups excluding carboxylic acids is 2. The summed E-state index contributed by atoms with van der Waals surface area (Å²) in [7, 11) is 3.17. The first-order valence-electron chi connectivity index (χ1n) is 12.8. The number of aromatic nitrogens is 1. The van der Waals surface area contributed by atoms with Crippen LogP contribution in [0.2, 0.25) is 0 Å². The standard InChI is InChI=1S/C29H34N4O4/c1-19-5-6-21-16-22(28(30-26(21)15-19)32-13-11-31(12-14-32)20(2)34)18-33(23-7-8-23)29(35)25-10-9-24(36-3)17-27(25)37-4/h5-6,9-10,15-17,23H,7-8,11-14,18H2,1-4H3. The van der Waals surface area contributed by atoms with Gasteiger partial charge in [0.1, 0.15) is 17.3 Å². The molecule has 1 saturated heterocycles. The van der Waals surface area contributed by atoms with Crippen LogP contribution in [0.15, 0.2) is 42.5 Å². The topological polar surface area (TPSA) is 75.2 Å². The average Bonchev–Trinajstić information content (AvgIpc) is 3.76. The molecule has 5 rings (SSSR count). The number of pyridine rings is 1. The SMILES string of the molecule is COc1ccc(C(=O)N(Cc2cc3ccc(C)cc3nc2N2CCN(C(C)=O)CC2)C2CC2)c(OC)c1. The zero-order valence-corrected chi connectivity index (χ0v) is 22.0. The first-order valence-corrected chi connectivity index (χ1v) is 12.8. The Morgan fingerprint density at radius 2 is 1.76 bits per heavy atom. The van der Waals surface area contributed by atoms with Gasteiger partial charge in [-0.25, -0.2) is 4.98 Å². The molecule has 1 aliphatic carbocycles. The molecule has 0 atom stereocenters. The van der Waals surface area contributed by atoms with Gasteiger partial charge in [-0.3, -0.25) is 9.59 Å². The van der Waals surface area contributed by atoms with Crippen LogP contribution in [0, 0.1) is 6.92 Å². The highest BCUT2D eigenvalue weighted by atomic mass is 16.5. The molecule has 1 aromatic heterocycles. The Labute approximate surface area is 217 Å². The van der Waals surface area contributed by atoms with E-state index in [9.17, 15) is 9.59 Å². The maximum atomic E-state index is 13.9. The molecule has 2 fully saturated rings. The molecule has 0 N–H and O–H groups in total. The Hall–Kier alpha value is -3.81. The average molecular weight is 503 g/mol. The fourth-order valence-corrected chi connectivity index (χ4v) is 5.00. The Kier molecular flexibility index (Phi) is 6.91. The number of carbonyl (C=O) groups is 2. The van der Waals surface area contributed by atoms with E-state index < -0.39 is 0 Å². The van der Waals surface area contributed by atoms with Crippen molar-refractivity contribution < 1.29 is 19.1 Å². The minimum atomic E-state index is -0.0571. The van der Waals surface area contributed by atoms with Crippen LogP contribution < -0.4 is 14.4 Å². The Morgan fingerprint density at radius 3 is 2.41 bits per heavy atom. The van der Waals surface area contributed by atoms with Crippen molar-refractivity contribution in [2.24, 2.45) is 0 Å². The lowest BCUT2D eigenvalue weighted by molar-refractivity contribution is -0.129. The van der Waals surface area contributed by atoms with Crippen molar-refractivity contribution in [1.82, 2.24) is 14.8 Å². The predicted molar refractivity (Wildman–Crippen MR) is 143 cm³/mol. The number of rotatable bonds is 7. The van der Waals surface area contributed by atoms with E-state index in [0.717, 1.165) is 40.7 Å². The number of hydrogen-bond acceptors (Lipinski definition) is 6. The highest BCUT2D eigenvalue weighted by Crippen LogP contribution is 2.35. The Morgan fingerprint density at radius 1 is 1.00 bits per heavy atom. The van der Waals surface area contributed by atoms with Crippen molar-refractivity contribution in [2.45, 2.75) is 39.3 Å². The van der Waals surface area contributed by atoms with Gasteiger partial charge in [-0.15, -0.1) is 0 Å². The maximum Gasteiger partial charge on any atom is 0.258 e. The van der Waals surface area contributed by atoms with Gasteiger partial charge in [-0.2, -0.15) is 0 Å². The maximum absolute atomic E-state index is 13.9. The third-order valence-electron chi connectivity index (χ3n) is 7.28. The van der Waals surface area contributed by atoms with Crippen molar-refractivity contribution in [3.05, 3.63) is 59.2 Å². The molecule has 37 heavy (non-hydrogen) atoms. The lowest BCUT2D eigenvalue weighted by Gasteiger charge is -2.36. The number of methoxy groups -OCH3 is 2. The number of anilines is 1. The van der Waals surface area contributed by atoms with E-state index in [1.807, 2.05) is 9.80 Å². The van der Waals surface area contributed by atoms with E-state index >= 15 is 0 Å². The molecule has 2 heterocycles. The van der Waals surface area contributed by atoms with Crippen LogP contribution in [-0.2, 0) is 11.3 Å². The molecule has 8 heteroatoms. The van der Waals surface area contributed by atoms with Crippen LogP contribution in [0.3, 0.4) is 0 Å². The van der Waals surface area contributed by atoms with Gasteiger partial charge in [0.15, 0.2) is 0 Å². The van der Waals surface area contributed by atoms with Gasteiger partial charge in [0.25, 0.3) is 5.91 Å². The first-order chi connectivity index (χ1) is 17.9. The van der Waals surface area contributed by atoms with E-state index in [-0.39, 0.29) is 17.9 Å². The smallest absolute Gasteiger partial charge is 0.258 e. The van der Waals surface area contributed by atoms with Gasteiger partial charge < -0.3 is 24.2 Å². The van der Waals surface area contributed by atoms with E-state index in [1.54, 1.807) is 39.3 Å². The highest BCUT2D eigenvalue weighted by molar-refractivity contribution is 5.97. The summed E-state index contributed by atoms with van der Waals surface area (Å²) in [5.74, 6) is 2.08. The van der Waals surface area contributed by atoms with Crippen LogP contribution in [0.25, 0.3) is 10.9 Å². The van der Waals surface area contributed by atoms with E-state index in [4.69, 9.17) is 14.5 Å². The number of nitrogens with zero attached hydrogens (tertiary/aromatic N) is 4. The molecule has 2 aromatic carbocycles. The van der Waals surface area contributed by atoms with Crippen LogP contribution in [0.4, 0.5) is 5.82 Å². The van der Waals surface area contributed by atoms with Crippen LogP contribution >= 0.6 is 0 Å². The fraction of sp³-hybridized carbons (Fsp3) is 0.414. The summed E-state index contributed by atoms with van der Waals surface area (Å²) in [5, 5.41) is 1.05. The molecule has 194 valence electrons. The number of fused-ring (bicyclic) bond motifs is 1. The molecule has 2 amide bonds. The molecule has 1 saturated carbocycles. The molecule has 0 unspecified atom stereocenters. The van der Waals surface area contributed by atoms with E-state index in [2.05, 4.69) is 36.1 Å². The lowest BCUT2D eigenvalue weighted by atomic mass is 10.1. The van der Waals surface area contributed by atoms with Crippen LogP contribution in [0.1, 0.15) is 41.3 Å². The third kappa shape index (κ3) is 5.19. The molecule has 0 radical (unpaired) electrons. The second-order valence-electron chi connectivity index (χ2n) is 9.89. The summed E-state index contributed by atoms with van der Waals surface area (Å²) < 4.78 is 10.9. The summed E-state index contributed by atoms with van der Waals surface area (Å²) in [4.78, 5) is 36.9. The Balaban J connectivity index is 1.51. The summed E-state index contributed by atoms with van der Waals surface area (Å²) >= 11 is 0. The number of aryl methyl sites for hydroxylation is 1. The van der Waals surface area contributed by atoms with Crippen molar-refractivity contribution in [2.75, 3.05) is 45.3 Å². The third-order valence-corrected chi connectivity index (χ3v) is 7.28. The summed E-state index contributed by atoms with van der Waals surface area (Å²) in [6.07, 6.45) is 1.97. The summed E-state index contributed by atoms with van der Waals surface area (Å²) in [6.45, 7) is 6.88. The quantitative estimate of drug-likeness (QED) is 0.486. The van der Waals surface area contributed by atoms with Gasteiger partial charge in [0, 0.05) is 62.7 Å². The lowest BCUT2D eigenvalue weighted by Crippen LogP contribution is -2.48. The second kappa shape index (κ2) is 10.3. The van der Waals surface area contributed by atoms with E-state index in [1.165, 1.54) is 0 Å². The van der Waals surface area contributed by atoms with E-state index in [0.29, 0.717) is 49.8 Å². The van der Waals surface area contributed by atoms with Gasteiger partial charge >= 0.3 is 0 Å².